The molecule has 1 heterocycles. The van der Waals surface area contributed by atoms with Crippen LogP contribution in [0.25, 0.3) is 0 Å². The number of halogens is 2. The van der Waals surface area contributed by atoms with Gasteiger partial charge in [0, 0.05) is 18.2 Å². The number of carbonyl (C=O) groups is 2. The first-order valence-electron chi connectivity index (χ1n) is 6.42. The Kier molecular flexibility index (Phi) is 5.21. The molecule has 114 valence electrons. The van der Waals surface area contributed by atoms with E-state index in [0.29, 0.717) is 4.60 Å². The molecule has 0 spiro atoms. The van der Waals surface area contributed by atoms with Gasteiger partial charge in [0.15, 0.2) is 0 Å². The molecule has 22 heavy (non-hydrogen) atoms. The minimum Gasteiger partial charge on any atom is -0.368 e. The molecule has 0 unspecified atom stereocenters. The molecule has 0 fully saturated rings. The first kappa shape index (κ1) is 16.1. The number of primary amides is 1. The number of amides is 2. The van der Waals surface area contributed by atoms with Gasteiger partial charge < -0.3 is 11.1 Å². The minimum absolute atomic E-state index is 0.205. The fraction of sp³-hybridized carbons (Fsp3) is 0.133. The average Bonchev–Trinajstić information content (AvgIpc) is 2.49. The van der Waals surface area contributed by atoms with Crippen LogP contribution in [0, 0.1) is 5.82 Å². The van der Waals surface area contributed by atoms with Gasteiger partial charge in [-0.2, -0.15) is 0 Å². The Labute approximate surface area is 134 Å². The van der Waals surface area contributed by atoms with E-state index in [1.165, 1.54) is 24.3 Å². The molecule has 0 aliphatic heterocycles. The fourth-order valence-corrected chi connectivity index (χ4v) is 2.27. The number of nitrogens with zero attached hydrogens (tertiary/aromatic N) is 1. The van der Waals surface area contributed by atoms with Gasteiger partial charge in [0.1, 0.15) is 16.5 Å². The van der Waals surface area contributed by atoms with Gasteiger partial charge in [0.05, 0.1) is 0 Å². The van der Waals surface area contributed by atoms with Crippen molar-refractivity contribution in [1.82, 2.24) is 10.3 Å². The molecule has 1 atom stereocenters. The Morgan fingerprint density at radius 3 is 2.55 bits per heavy atom. The number of carbonyl (C=O) groups excluding carboxylic acids is 2. The highest BCUT2D eigenvalue weighted by molar-refractivity contribution is 9.10. The third-order valence-electron chi connectivity index (χ3n) is 3.02. The standard InChI is InChI=1S/C15H13BrFN3O2/c16-13-10(2-1-7-19-13)8-12(14(18)21)20-15(22)9-3-5-11(17)6-4-9/h1-7,12H,8H2,(H2,18,21)(H,20,22)/t12-/m1/s1. The second-order valence-electron chi connectivity index (χ2n) is 4.59. The summed E-state index contributed by atoms with van der Waals surface area (Å²) in [4.78, 5) is 27.7. The quantitative estimate of drug-likeness (QED) is 0.792. The van der Waals surface area contributed by atoms with Gasteiger partial charge in [-0.3, -0.25) is 9.59 Å². The van der Waals surface area contributed by atoms with Crippen molar-refractivity contribution in [3.05, 3.63) is 64.1 Å². The summed E-state index contributed by atoms with van der Waals surface area (Å²) in [7, 11) is 0. The van der Waals surface area contributed by atoms with E-state index >= 15 is 0 Å². The van der Waals surface area contributed by atoms with Gasteiger partial charge in [-0.1, -0.05) is 6.07 Å². The molecule has 2 aromatic rings. The summed E-state index contributed by atoms with van der Waals surface area (Å²) in [6.45, 7) is 0. The molecule has 3 N–H and O–H groups in total. The maximum Gasteiger partial charge on any atom is 0.251 e. The zero-order valence-corrected chi connectivity index (χ0v) is 13.0. The molecular weight excluding hydrogens is 353 g/mol. The average molecular weight is 366 g/mol. The van der Waals surface area contributed by atoms with Crippen molar-refractivity contribution in [2.24, 2.45) is 5.73 Å². The van der Waals surface area contributed by atoms with Crippen LogP contribution in [0.4, 0.5) is 4.39 Å². The van der Waals surface area contributed by atoms with Crippen LogP contribution in [0.15, 0.2) is 47.2 Å². The SMILES string of the molecule is NC(=O)[C@@H](Cc1cccnc1Br)NC(=O)c1ccc(F)cc1. The lowest BCUT2D eigenvalue weighted by Gasteiger charge is -2.16. The molecular formula is C15H13BrFN3O2. The van der Waals surface area contributed by atoms with Crippen LogP contribution in [0.5, 0.6) is 0 Å². The third kappa shape index (κ3) is 4.11. The van der Waals surface area contributed by atoms with Crippen molar-refractivity contribution in [3.63, 3.8) is 0 Å². The number of benzene rings is 1. The number of nitrogens with one attached hydrogen (secondary N) is 1. The molecule has 5 nitrogen and oxygen atoms in total. The molecule has 0 radical (unpaired) electrons. The van der Waals surface area contributed by atoms with E-state index in [-0.39, 0.29) is 12.0 Å². The monoisotopic (exact) mass is 365 g/mol. The number of nitrogens with two attached hydrogens (primary N) is 1. The van der Waals surface area contributed by atoms with Crippen molar-refractivity contribution < 1.29 is 14.0 Å². The zero-order valence-electron chi connectivity index (χ0n) is 11.4. The van der Waals surface area contributed by atoms with Gasteiger partial charge in [0.2, 0.25) is 5.91 Å². The van der Waals surface area contributed by atoms with E-state index in [2.05, 4.69) is 26.2 Å². The smallest absolute Gasteiger partial charge is 0.251 e. The third-order valence-corrected chi connectivity index (χ3v) is 3.73. The van der Waals surface area contributed by atoms with Gasteiger partial charge in [-0.15, -0.1) is 0 Å². The molecule has 1 aromatic heterocycles. The van der Waals surface area contributed by atoms with Crippen LogP contribution in [0.3, 0.4) is 0 Å². The number of hydrogen-bond donors (Lipinski definition) is 2. The molecule has 0 saturated heterocycles. The van der Waals surface area contributed by atoms with E-state index < -0.39 is 23.7 Å². The van der Waals surface area contributed by atoms with Crippen molar-refractivity contribution in [3.8, 4) is 0 Å². The Morgan fingerprint density at radius 2 is 1.95 bits per heavy atom. The summed E-state index contributed by atoms with van der Waals surface area (Å²) in [5.41, 5.74) is 6.33. The summed E-state index contributed by atoms with van der Waals surface area (Å²) in [5.74, 6) is -1.60. The second-order valence-corrected chi connectivity index (χ2v) is 5.34. The van der Waals surface area contributed by atoms with E-state index in [1.54, 1.807) is 18.3 Å². The van der Waals surface area contributed by atoms with Crippen LogP contribution >= 0.6 is 15.9 Å². The molecule has 2 rings (SSSR count). The van der Waals surface area contributed by atoms with Crippen molar-refractivity contribution in [1.29, 1.82) is 0 Å². The summed E-state index contributed by atoms with van der Waals surface area (Å²) in [6, 6.07) is 7.62. The lowest BCUT2D eigenvalue weighted by Crippen LogP contribution is -2.45. The zero-order chi connectivity index (χ0) is 16.1. The lowest BCUT2D eigenvalue weighted by molar-refractivity contribution is -0.119. The molecule has 1 aromatic carbocycles. The van der Waals surface area contributed by atoms with Crippen LogP contribution in [-0.4, -0.2) is 22.8 Å². The van der Waals surface area contributed by atoms with Crippen LogP contribution in [0.2, 0.25) is 0 Å². The van der Waals surface area contributed by atoms with E-state index in [1.807, 2.05) is 0 Å². The highest BCUT2D eigenvalue weighted by atomic mass is 79.9. The normalized spacial score (nSPS) is 11.7. The van der Waals surface area contributed by atoms with Gasteiger partial charge >= 0.3 is 0 Å². The number of aromatic nitrogens is 1. The second kappa shape index (κ2) is 7.13. The maximum absolute atomic E-state index is 12.9. The van der Waals surface area contributed by atoms with Gasteiger partial charge in [0.25, 0.3) is 5.91 Å². The largest absolute Gasteiger partial charge is 0.368 e. The predicted molar refractivity (Wildman–Crippen MR) is 82.5 cm³/mol. The van der Waals surface area contributed by atoms with Gasteiger partial charge in [-0.25, -0.2) is 9.37 Å². The summed E-state index contributed by atoms with van der Waals surface area (Å²) in [5, 5.41) is 2.54. The predicted octanol–water partition coefficient (Wildman–Crippen LogP) is 1.81. The molecule has 2 amide bonds. The summed E-state index contributed by atoms with van der Waals surface area (Å²) < 4.78 is 13.4. The Bertz CT molecular complexity index is 691. The number of pyridine rings is 1. The van der Waals surface area contributed by atoms with Gasteiger partial charge in [-0.05, 0) is 51.8 Å². The summed E-state index contributed by atoms with van der Waals surface area (Å²) >= 11 is 3.28. The Balaban J connectivity index is 2.12. The fourth-order valence-electron chi connectivity index (χ4n) is 1.86. The minimum atomic E-state index is -0.891. The molecule has 0 saturated carbocycles. The van der Waals surface area contributed by atoms with Crippen molar-refractivity contribution in [2.45, 2.75) is 12.5 Å². The van der Waals surface area contributed by atoms with Crippen LogP contribution in [0.1, 0.15) is 15.9 Å². The van der Waals surface area contributed by atoms with Crippen LogP contribution in [-0.2, 0) is 11.2 Å². The molecule has 0 aliphatic rings. The van der Waals surface area contributed by atoms with Crippen LogP contribution < -0.4 is 11.1 Å². The van der Waals surface area contributed by atoms with E-state index in [0.717, 1.165) is 5.56 Å². The topological polar surface area (TPSA) is 85.1 Å². The molecule has 0 aliphatic carbocycles. The highest BCUT2D eigenvalue weighted by Gasteiger charge is 2.20. The first-order chi connectivity index (χ1) is 10.5. The maximum atomic E-state index is 12.9. The van der Waals surface area contributed by atoms with E-state index in [4.69, 9.17) is 5.73 Å². The highest BCUT2D eigenvalue weighted by Crippen LogP contribution is 2.15. The number of hydrogen-bond acceptors (Lipinski definition) is 3. The molecule has 0 bridgehead atoms. The first-order valence-corrected chi connectivity index (χ1v) is 7.22. The van der Waals surface area contributed by atoms with Crippen molar-refractivity contribution >= 4 is 27.7 Å². The number of rotatable bonds is 5. The molecule has 7 heteroatoms. The lowest BCUT2D eigenvalue weighted by atomic mass is 10.1. The van der Waals surface area contributed by atoms with Crippen molar-refractivity contribution in [2.75, 3.05) is 0 Å². The van der Waals surface area contributed by atoms with E-state index in [9.17, 15) is 14.0 Å². The Hall–Kier alpha value is -2.28. The summed E-state index contributed by atoms with van der Waals surface area (Å²) in [6.07, 6.45) is 1.81. The Morgan fingerprint density at radius 1 is 1.27 bits per heavy atom.